The lowest BCUT2D eigenvalue weighted by Crippen LogP contribution is -2.29. The minimum absolute atomic E-state index is 0.00740. The van der Waals surface area contributed by atoms with E-state index in [1.54, 1.807) is 0 Å². The number of rotatable bonds is 5. The number of hydrogen-bond acceptors (Lipinski definition) is 3. The van der Waals surface area contributed by atoms with Gasteiger partial charge in [0.25, 0.3) is 0 Å². The Morgan fingerprint density at radius 2 is 1.59 bits per heavy atom. The standard InChI is InChI=1S/C28H28N4OS/c1-28(2,3)31-18-16-20(19-31)26-25(24-11-7-8-17-29-24)30-27(34)32(26)21-12-14-23(15-13-21)33-22-9-5-4-6-10-22/h4-19,25-26H,1-3H3,(H,30,34)/t25-,26-/m1/s1. The second-order valence-electron chi connectivity index (χ2n) is 9.43. The van der Waals surface area contributed by atoms with Crippen LogP contribution in [0.3, 0.4) is 0 Å². The van der Waals surface area contributed by atoms with Crippen LogP contribution in [0.5, 0.6) is 11.5 Å². The van der Waals surface area contributed by atoms with Crippen LogP contribution < -0.4 is 15.0 Å². The van der Waals surface area contributed by atoms with Crippen LogP contribution >= 0.6 is 12.2 Å². The number of nitrogens with one attached hydrogen (secondary N) is 1. The molecule has 0 saturated carbocycles. The third kappa shape index (κ3) is 4.41. The first-order valence-corrected chi connectivity index (χ1v) is 11.8. The molecule has 34 heavy (non-hydrogen) atoms. The largest absolute Gasteiger partial charge is 0.457 e. The summed E-state index contributed by atoms with van der Waals surface area (Å²) in [6.07, 6.45) is 6.19. The predicted molar refractivity (Wildman–Crippen MR) is 140 cm³/mol. The Kier molecular flexibility index (Phi) is 5.84. The molecule has 2 aromatic heterocycles. The van der Waals surface area contributed by atoms with E-state index in [1.165, 1.54) is 5.56 Å². The number of benzene rings is 2. The minimum Gasteiger partial charge on any atom is -0.457 e. The first-order chi connectivity index (χ1) is 16.4. The zero-order chi connectivity index (χ0) is 23.7. The Bertz CT molecular complexity index is 1260. The quantitative estimate of drug-likeness (QED) is 0.334. The lowest BCUT2D eigenvalue weighted by atomic mass is 9.98. The molecular formula is C28H28N4OS. The van der Waals surface area contributed by atoms with Gasteiger partial charge in [0.05, 0.1) is 17.8 Å². The topological polar surface area (TPSA) is 42.3 Å². The highest BCUT2D eigenvalue weighted by Gasteiger charge is 2.41. The highest BCUT2D eigenvalue weighted by atomic mass is 32.1. The molecule has 0 aliphatic carbocycles. The Morgan fingerprint density at radius 3 is 2.24 bits per heavy atom. The fourth-order valence-corrected chi connectivity index (χ4v) is 4.62. The molecule has 5 rings (SSSR count). The van der Waals surface area contributed by atoms with Crippen LogP contribution in [0.25, 0.3) is 0 Å². The molecule has 172 valence electrons. The number of anilines is 1. The van der Waals surface area contributed by atoms with Gasteiger partial charge in [-0.15, -0.1) is 0 Å². The van der Waals surface area contributed by atoms with Gasteiger partial charge in [0.2, 0.25) is 0 Å². The van der Waals surface area contributed by atoms with Crippen molar-refractivity contribution in [1.29, 1.82) is 0 Å². The Hall–Kier alpha value is -3.64. The molecule has 0 spiro atoms. The molecule has 1 aliphatic rings. The van der Waals surface area contributed by atoms with E-state index in [2.05, 4.69) is 71.1 Å². The van der Waals surface area contributed by atoms with Crippen LogP contribution in [0, 0.1) is 0 Å². The van der Waals surface area contributed by atoms with Crippen LogP contribution in [-0.2, 0) is 5.54 Å². The van der Waals surface area contributed by atoms with E-state index in [-0.39, 0.29) is 17.6 Å². The van der Waals surface area contributed by atoms with Gasteiger partial charge in [-0.1, -0.05) is 24.3 Å². The molecule has 0 bridgehead atoms. The van der Waals surface area contributed by atoms with Crippen molar-refractivity contribution in [2.45, 2.75) is 38.4 Å². The van der Waals surface area contributed by atoms with Gasteiger partial charge < -0.3 is 19.5 Å². The van der Waals surface area contributed by atoms with Crippen molar-refractivity contribution < 1.29 is 4.74 Å². The van der Waals surface area contributed by atoms with E-state index < -0.39 is 0 Å². The molecule has 5 nitrogen and oxygen atoms in total. The summed E-state index contributed by atoms with van der Waals surface area (Å²) in [7, 11) is 0. The maximum Gasteiger partial charge on any atom is 0.174 e. The normalized spacial score (nSPS) is 18.1. The average molecular weight is 469 g/mol. The fourth-order valence-electron chi connectivity index (χ4n) is 4.28. The van der Waals surface area contributed by atoms with E-state index in [1.807, 2.05) is 66.9 Å². The number of para-hydroxylation sites is 1. The second kappa shape index (κ2) is 8.95. The molecule has 4 aromatic rings. The van der Waals surface area contributed by atoms with Crippen LogP contribution in [0.2, 0.25) is 0 Å². The molecule has 0 unspecified atom stereocenters. The summed E-state index contributed by atoms with van der Waals surface area (Å²) in [5.41, 5.74) is 3.14. The first kappa shape index (κ1) is 22.2. The van der Waals surface area contributed by atoms with Gasteiger partial charge in [-0.25, -0.2) is 0 Å². The van der Waals surface area contributed by atoms with Gasteiger partial charge in [-0.2, -0.15) is 0 Å². The Balaban J connectivity index is 1.50. The molecule has 2 atom stereocenters. The van der Waals surface area contributed by atoms with Gasteiger partial charge >= 0.3 is 0 Å². The molecule has 1 saturated heterocycles. The number of aromatic nitrogens is 2. The molecule has 0 amide bonds. The predicted octanol–water partition coefficient (Wildman–Crippen LogP) is 6.61. The maximum absolute atomic E-state index is 5.99. The number of hydrogen-bond donors (Lipinski definition) is 1. The van der Waals surface area contributed by atoms with Crippen LogP contribution in [-0.4, -0.2) is 14.7 Å². The van der Waals surface area contributed by atoms with Crippen molar-refractivity contribution in [3.8, 4) is 11.5 Å². The minimum atomic E-state index is -0.0650. The summed E-state index contributed by atoms with van der Waals surface area (Å²) in [4.78, 5) is 6.82. The first-order valence-electron chi connectivity index (χ1n) is 11.4. The van der Waals surface area contributed by atoms with E-state index in [9.17, 15) is 0 Å². The van der Waals surface area contributed by atoms with Gasteiger partial charge in [-0.05, 0) is 93.1 Å². The number of pyridine rings is 1. The summed E-state index contributed by atoms with van der Waals surface area (Å²) >= 11 is 5.84. The highest BCUT2D eigenvalue weighted by molar-refractivity contribution is 7.80. The number of nitrogens with zero attached hydrogens (tertiary/aromatic N) is 3. The van der Waals surface area contributed by atoms with Crippen LogP contribution in [0.1, 0.15) is 44.1 Å². The van der Waals surface area contributed by atoms with Gasteiger partial charge in [0.1, 0.15) is 11.5 Å². The van der Waals surface area contributed by atoms with Crippen molar-refractivity contribution in [3.05, 3.63) is 109 Å². The lowest BCUT2D eigenvalue weighted by Gasteiger charge is -2.28. The van der Waals surface area contributed by atoms with E-state index in [4.69, 9.17) is 17.0 Å². The summed E-state index contributed by atoms with van der Waals surface area (Å²) in [6.45, 7) is 6.61. The van der Waals surface area contributed by atoms with Crippen molar-refractivity contribution in [2.24, 2.45) is 0 Å². The van der Waals surface area contributed by atoms with Crippen molar-refractivity contribution in [1.82, 2.24) is 14.9 Å². The van der Waals surface area contributed by atoms with Crippen molar-refractivity contribution in [3.63, 3.8) is 0 Å². The monoisotopic (exact) mass is 468 g/mol. The van der Waals surface area contributed by atoms with Gasteiger partial charge in [0.15, 0.2) is 5.11 Å². The van der Waals surface area contributed by atoms with E-state index >= 15 is 0 Å². The highest BCUT2D eigenvalue weighted by Crippen LogP contribution is 2.42. The fraction of sp³-hybridized carbons (Fsp3) is 0.214. The lowest BCUT2D eigenvalue weighted by molar-refractivity contribution is 0.397. The van der Waals surface area contributed by atoms with Crippen molar-refractivity contribution in [2.75, 3.05) is 4.90 Å². The molecule has 0 radical (unpaired) electrons. The maximum atomic E-state index is 5.99. The SMILES string of the molecule is CC(C)(C)n1ccc([C@@H]2[C@@H](c3ccccn3)NC(=S)N2c2ccc(Oc3ccccc3)cc2)c1. The molecule has 1 fully saturated rings. The third-order valence-electron chi connectivity index (χ3n) is 6.02. The zero-order valence-corrected chi connectivity index (χ0v) is 20.4. The molecule has 6 heteroatoms. The summed E-state index contributed by atoms with van der Waals surface area (Å²) < 4.78 is 8.23. The third-order valence-corrected chi connectivity index (χ3v) is 6.34. The summed E-state index contributed by atoms with van der Waals surface area (Å²) in [6, 6.07) is 26.0. The van der Waals surface area contributed by atoms with E-state index in [0.717, 1.165) is 22.9 Å². The van der Waals surface area contributed by atoms with Crippen LogP contribution in [0.15, 0.2) is 97.5 Å². The smallest absolute Gasteiger partial charge is 0.174 e. The molecular weight excluding hydrogens is 440 g/mol. The summed E-state index contributed by atoms with van der Waals surface area (Å²) in [5.74, 6) is 1.59. The number of ether oxygens (including phenoxy) is 1. The van der Waals surface area contributed by atoms with Crippen LogP contribution in [0.4, 0.5) is 5.69 Å². The van der Waals surface area contributed by atoms with Gasteiger partial charge in [-0.3, -0.25) is 4.98 Å². The Morgan fingerprint density at radius 1 is 0.882 bits per heavy atom. The van der Waals surface area contributed by atoms with Crippen molar-refractivity contribution >= 4 is 23.0 Å². The number of thiocarbonyl (C=S) groups is 1. The van der Waals surface area contributed by atoms with E-state index in [0.29, 0.717) is 5.11 Å². The molecule has 1 N–H and O–H groups in total. The molecule has 1 aliphatic heterocycles. The molecule has 2 aromatic carbocycles. The summed E-state index contributed by atoms with van der Waals surface area (Å²) in [5, 5.41) is 4.21. The Labute approximate surface area is 206 Å². The van der Waals surface area contributed by atoms with Gasteiger partial charge in [0, 0.05) is 29.8 Å². The molecule has 3 heterocycles. The average Bonchev–Trinajstić information content (AvgIpc) is 3.46. The zero-order valence-electron chi connectivity index (χ0n) is 19.6. The second-order valence-corrected chi connectivity index (χ2v) is 9.82.